The molecule has 0 aliphatic heterocycles. The number of aromatic nitrogens is 3. The van der Waals surface area contributed by atoms with Crippen molar-refractivity contribution in [3.05, 3.63) is 47.2 Å². The van der Waals surface area contributed by atoms with Crippen molar-refractivity contribution in [1.29, 1.82) is 0 Å². The van der Waals surface area contributed by atoms with Gasteiger partial charge in [-0.25, -0.2) is 17.9 Å². The van der Waals surface area contributed by atoms with Crippen LogP contribution in [0.15, 0.2) is 46.3 Å². The van der Waals surface area contributed by atoms with Gasteiger partial charge in [0.15, 0.2) is 16.4 Å². The molecular formula is C14H13ClN4O2S. The monoisotopic (exact) mass is 336 g/mol. The zero-order valence-electron chi connectivity index (χ0n) is 11.9. The standard InChI is InChI=1S/C14H13ClN4O2S/c1-9-6-7-17-14-12(13(16-2)18-19(9)14)22(20,21)11-5-3-4-10(15)8-11/h3-8H,1-2H3,(H,16,18). The highest BCUT2D eigenvalue weighted by Crippen LogP contribution is 2.31. The largest absolute Gasteiger partial charge is 0.370 e. The Labute approximate surface area is 132 Å². The Hall–Kier alpha value is -2.12. The molecule has 2 heterocycles. The van der Waals surface area contributed by atoms with Crippen molar-refractivity contribution >= 4 is 32.9 Å². The van der Waals surface area contributed by atoms with Gasteiger partial charge in [0.1, 0.15) is 0 Å². The topological polar surface area (TPSA) is 76.4 Å². The number of sulfone groups is 1. The molecule has 22 heavy (non-hydrogen) atoms. The summed E-state index contributed by atoms with van der Waals surface area (Å²) in [5.74, 6) is 0.252. The van der Waals surface area contributed by atoms with Gasteiger partial charge in [-0.15, -0.1) is 5.10 Å². The van der Waals surface area contributed by atoms with Gasteiger partial charge in [0.25, 0.3) is 0 Å². The Morgan fingerprint density at radius 2 is 2.05 bits per heavy atom. The zero-order chi connectivity index (χ0) is 15.9. The smallest absolute Gasteiger partial charge is 0.214 e. The zero-order valence-corrected chi connectivity index (χ0v) is 13.5. The first-order chi connectivity index (χ1) is 10.4. The minimum Gasteiger partial charge on any atom is -0.370 e. The van der Waals surface area contributed by atoms with Gasteiger partial charge in [-0.3, -0.25) is 0 Å². The molecule has 1 aromatic carbocycles. The van der Waals surface area contributed by atoms with E-state index >= 15 is 0 Å². The van der Waals surface area contributed by atoms with Crippen molar-refractivity contribution in [3.63, 3.8) is 0 Å². The number of benzene rings is 1. The molecule has 0 aliphatic rings. The summed E-state index contributed by atoms with van der Waals surface area (Å²) in [5.41, 5.74) is 1.07. The van der Waals surface area contributed by atoms with Crippen LogP contribution in [0.1, 0.15) is 5.69 Å². The molecule has 1 N–H and O–H groups in total. The third-order valence-corrected chi connectivity index (χ3v) is 5.30. The fraction of sp³-hybridized carbons (Fsp3) is 0.143. The Morgan fingerprint density at radius 3 is 2.73 bits per heavy atom. The molecule has 3 aromatic rings. The molecule has 0 unspecified atom stereocenters. The second-order valence-corrected chi connectivity index (χ2v) is 7.03. The van der Waals surface area contributed by atoms with Gasteiger partial charge in [0.05, 0.1) is 4.90 Å². The lowest BCUT2D eigenvalue weighted by Gasteiger charge is -2.05. The van der Waals surface area contributed by atoms with Gasteiger partial charge in [0.2, 0.25) is 9.84 Å². The first kappa shape index (κ1) is 14.8. The van der Waals surface area contributed by atoms with E-state index in [1.54, 1.807) is 31.4 Å². The van der Waals surface area contributed by atoms with Crippen LogP contribution in [0.5, 0.6) is 0 Å². The SMILES string of the molecule is CNc1nn2c(C)ccnc2c1S(=O)(=O)c1cccc(Cl)c1. The van der Waals surface area contributed by atoms with Crippen molar-refractivity contribution in [2.45, 2.75) is 16.7 Å². The number of hydrogen-bond acceptors (Lipinski definition) is 5. The average molecular weight is 337 g/mol. The predicted octanol–water partition coefficient (Wildman–Crippen LogP) is 2.57. The molecule has 0 amide bonds. The van der Waals surface area contributed by atoms with Gasteiger partial charge >= 0.3 is 0 Å². The highest BCUT2D eigenvalue weighted by Gasteiger charge is 2.28. The predicted molar refractivity (Wildman–Crippen MR) is 84.2 cm³/mol. The summed E-state index contributed by atoms with van der Waals surface area (Å²) in [6.45, 7) is 1.83. The normalized spacial score (nSPS) is 11.8. The van der Waals surface area contributed by atoms with Gasteiger partial charge in [-0.2, -0.15) is 0 Å². The summed E-state index contributed by atoms with van der Waals surface area (Å²) < 4.78 is 27.4. The van der Waals surface area contributed by atoms with Gasteiger partial charge in [0, 0.05) is 24.0 Å². The molecule has 0 radical (unpaired) electrons. The minimum atomic E-state index is -3.80. The third kappa shape index (κ3) is 2.22. The summed E-state index contributed by atoms with van der Waals surface area (Å²) >= 11 is 5.91. The van der Waals surface area contributed by atoms with Gasteiger partial charge in [-0.1, -0.05) is 17.7 Å². The molecular weight excluding hydrogens is 324 g/mol. The van der Waals surface area contributed by atoms with Crippen molar-refractivity contribution in [3.8, 4) is 0 Å². The molecule has 114 valence electrons. The summed E-state index contributed by atoms with van der Waals surface area (Å²) in [4.78, 5) is 4.32. The van der Waals surface area contributed by atoms with Crippen LogP contribution in [-0.4, -0.2) is 30.1 Å². The number of nitrogens with one attached hydrogen (secondary N) is 1. The lowest BCUT2D eigenvalue weighted by atomic mass is 10.4. The molecule has 0 atom stereocenters. The maximum Gasteiger partial charge on any atom is 0.214 e. The van der Waals surface area contributed by atoms with E-state index in [0.717, 1.165) is 5.69 Å². The fourth-order valence-electron chi connectivity index (χ4n) is 2.20. The number of nitrogens with zero attached hydrogens (tertiary/aromatic N) is 3. The highest BCUT2D eigenvalue weighted by atomic mass is 35.5. The van der Waals surface area contributed by atoms with Crippen molar-refractivity contribution in [1.82, 2.24) is 14.6 Å². The number of aryl methyl sites for hydroxylation is 1. The van der Waals surface area contributed by atoms with Crippen LogP contribution < -0.4 is 5.32 Å². The summed E-state index contributed by atoms with van der Waals surface area (Å²) in [6.07, 6.45) is 1.56. The molecule has 0 fully saturated rings. The van der Waals surface area contributed by atoms with E-state index in [4.69, 9.17) is 11.6 Å². The molecule has 6 nitrogen and oxygen atoms in total. The molecule has 0 bridgehead atoms. The van der Waals surface area contributed by atoms with Crippen molar-refractivity contribution in [2.24, 2.45) is 0 Å². The Morgan fingerprint density at radius 1 is 1.27 bits per heavy atom. The van der Waals surface area contributed by atoms with Crippen molar-refractivity contribution in [2.75, 3.05) is 12.4 Å². The Bertz CT molecular complexity index is 966. The van der Waals surface area contributed by atoms with E-state index < -0.39 is 9.84 Å². The number of hydrogen-bond donors (Lipinski definition) is 1. The van der Waals surface area contributed by atoms with E-state index in [1.807, 2.05) is 6.92 Å². The van der Waals surface area contributed by atoms with E-state index in [9.17, 15) is 8.42 Å². The van der Waals surface area contributed by atoms with Crippen LogP contribution in [-0.2, 0) is 9.84 Å². The van der Waals surface area contributed by atoms with Crippen LogP contribution >= 0.6 is 11.6 Å². The molecule has 0 aliphatic carbocycles. The number of halogens is 1. The quantitative estimate of drug-likeness (QED) is 0.795. The van der Waals surface area contributed by atoms with Crippen LogP contribution in [0.4, 0.5) is 5.82 Å². The Balaban J connectivity index is 2.36. The highest BCUT2D eigenvalue weighted by molar-refractivity contribution is 7.91. The maximum absolute atomic E-state index is 13.0. The molecule has 0 saturated heterocycles. The van der Waals surface area contributed by atoms with Crippen LogP contribution in [0.2, 0.25) is 5.02 Å². The molecule has 8 heteroatoms. The second kappa shape index (κ2) is 5.26. The fourth-order valence-corrected chi connectivity index (χ4v) is 4.01. The van der Waals surface area contributed by atoms with Gasteiger partial charge in [-0.05, 0) is 31.2 Å². The lowest BCUT2D eigenvalue weighted by Crippen LogP contribution is -2.05. The number of fused-ring (bicyclic) bond motifs is 1. The first-order valence-corrected chi connectivity index (χ1v) is 8.34. The minimum absolute atomic E-state index is 0.0426. The van der Waals surface area contributed by atoms with E-state index in [0.29, 0.717) is 5.02 Å². The number of anilines is 1. The molecule has 0 saturated carbocycles. The van der Waals surface area contributed by atoms with E-state index in [2.05, 4.69) is 15.4 Å². The maximum atomic E-state index is 13.0. The van der Waals surface area contributed by atoms with E-state index in [-0.39, 0.29) is 21.3 Å². The van der Waals surface area contributed by atoms with Crippen molar-refractivity contribution < 1.29 is 8.42 Å². The Kier molecular flexibility index (Phi) is 3.54. The third-order valence-electron chi connectivity index (χ3n) is 3.28. The summed E-state index contributed by atoms with van der Waals surface area (Å²) in [5, 5.41) is 7.45. The van der Waals surface area contributed by atoms with E-state index in [1.165, 1.54) is 16.6 Å². The summed E-state index contributed by atoms with van der Waals surface area (Å²) in [7, 11) is -2.18. The van der Waals surface area contributed by atoms with Crippen LogP contribution in [0.25, 0.3) is 5.65 Å². The van der Waals surface area contributed by atoms with Crippen LogP contribution in [0.3, 0.4) is 0 Å². The van der Waals surface area contributed by atoms with Gasteiger partial charge < -0.3 is 5.32 Å². The second-order valence-electron chi connectivity index (χ2n) is 4.71. The molecule has 3 rings (SSSR count). The average Bonchev–Trinajstić information content (AvgIpc) is 2.88. The first-order valence-electron chi connectivity index (χ1n) is 6.48. The summed E-state index contributed by atoms with van der Waals surface area (Å²) in [6, 6.07) is 7.89. The number of rotatable bonds is 3. The lowest BCUT2D eigenvalue weighted by molar-refractivity contribution is 0.597. The van der Waals surface area contributed by atoms with Crippen LogP contribution in [0, 0.1) is 6.92 Å². The molecule has 2 aromatic heterocycles. The molecule has 0 spiro atoms.